The summed E-state index contributed by atoms with van der Waals surface area (Å²) >= 11 is 6.18. The van der Waals surface area contributed by atoms with Gasteiger partial charge in [0.1, 0.15) is 12.4 Å². The second-order valence-corrected chi connectivity index (χ2v) is 4.76. The summed E-state index contributed by atoms with van der Waals surface area (Å²) in [6, 6.07) is 13.0. The number of carbonyl (C=O) groups is 1. The van der Waals surface area contributed by atoms with Crippen LogP contribution in [0.4, 0.5) is 0 Å². The largest absolute Gasteiger partial charge is 0.489 e. The third-order valence-corrected chi connectivity index (χ3v) is 3.29. The highest BCUT2D eigenvalue weighted by Crippen LogP contribution is 2.23. The Hall–Kier alpha value is -2.00. The van der Waals surface area contributed by atoms with Gasteiger partial charge in [0, 0.05) is 10.6 Å². The fourth-order valence-corrected chi connectivity index (χ4v) is 2.08. The summed E-state index contributed by atoms with van der Waals surface area (Å²) < 4.78 is 10.4. The fourth-order valence-electron chi connectivity index (χ4n) is 1.86. The Labute approximate surface area is 123 Å². The molecule has 0 aliphatic carbocycles. The first-order valence-electron chi connectivity index (χ1n) is 6.17. The van der Waals surface area contributed by atoms with Crippen molar-refractivity contribution in [3.05, 3.63) is 64.2 Å². The maximum atomic E-state index is 11.6. The van der Waals surface area contributed by atoms with Gasteiger partial charge in [-0.15, -0.1) is 0 Å². The van der Waals surface area contributed by atoms with E-state index >= 15 is 0 Å². The van der Waals surface area contributed by atoms with Gasteiger partial charge in [0.2, 0.25) is 0 Å². The second kappa shape index (κ2) is 6.44. The Morgan fingerprint density at radius 3 is 2.55 bits per heavy atom. The summed E-state index contributed by atoms with van der Waals surface area (Å²) in [7, 11) is 1.35. The number of aryl methyl sites for hydroxylation is 1. The third kappa shape index (κ3) is 3.31. The second-order valence-electron chi connectivity index (χ2n) is 4.35. The van der Waals surface area contributed by atoms with E-state index in [4.69, 9.17) is 21.1 Å². The van der Waals surface area contributed by atoms with Crippen molar-refractivity contribution in [2.24, 2.45) is 0 Å². The predicted molar refractivity (Wildman–Crippen MR) is 78.3 cm³/mol. The molecule has 0 unspecified atom stereocenters. The van der Waals surface area contributed by atoms with Crippen LogP contribution in [-0.2, 0) is 11.3 Å². The maximum absolute atomic E-state index is 11.6. The van der Waals surface area contributed by atoms with Gasteiger partial charge in [-0.3, -0.25) is 0 Å². The first kappa shape index (κ1) is 14.4. The molecule has 0 amide bonds. The molecule has 0 aliphatic heterocycles. The Bertz CT molecular complexity index is 609. The van der Waals surface area contributed by atoms with Crippen LogP contribution in [0.5, 0.6) is 5.75 Å². The summed E-state index contributed by atoms with van der Waals surface area (Å²) in [6.07, 6.45) is 0. The third-order valence-electron chi connectivity index (χ3n) is 2.94. The summed E-state index contributed by atoms with van der Waals surface area (Å²) in [5.74, 6) is 0.387. The van der Waals surface area contributed by atoms with Crippen LogP contribution in [0.3, 0.4) is 0 Å². The zero-order valence-electron chi connectivity index (χ0n) is 11.4. The quantitative estimate of drug-likeness (QED) is 0.798. The molecule has 20 heavy (non-hydrogen) atoms. The lowest BCUT2D eigenvalue weighted by Crippen LogP contribution is -2.06. The van der Waals surface area contributed by atoms with Crippen LogP contribution in [0.15, 0.2) is 42.5 Å². The molecule has 2 aromatic rings. The molecule has 0 fully saturated rings. The van der Waals surface area contributed by atoms with Crippen molar-refractivity contribution in [1.29, 1.82) is 0 Å². The highest BCUT2D eigenvalue weighted by molar-refractivity contribution is 6.31. The van der Waals surface area contributed by atoms with Crippen LogP contribution >= 0.6 is 11.6 Å². The normalized spacial score (nSPS) is 10.2. The molecule has 0 bridgehead atoms. The number of para-hydroxylation sites is 1. The van der Waals surface area contributed by atoms with E-state index in [1.807, 2.05) is 43.3 Å². The topological polar surface area (TPSA) is 35.5 Å². The summed E-state index contributed by atoms with van der Waals surface area (Å²) in [5.41, 5.74) is 2.12. The molecular formula is C16H15ClO3. The minimum Gasteiger partial charge on any atom is -0.489 e. The molecule has 0 saturated carbocycles. The van der Waals surface area contributed by atoms with E-state index in [-0.39, 0.29) is 5.97 Å². The van der Waals surface area contributed by atoms with E-state index in [1.165, 1.54) is 7.11 Å². The average Bonchev–Trinajstić information content (AvgIpc) is 2.48. The number of ether oxygens (including phenoxy) is 2. The molecule has 3 nitrogen and oxygen atoms in total. The van der Waals surface area contributed by atoms with Crippen LogP contribution in [0.1, 0.15) is 21.5 Å². The monoisotopic (exact) mass is 290 g/mol. The Morgan fingerprint density at radius 2 is 1.90 bits per heavy atom. The van der Waals surface area contributed by atoms with Crippen LogP contribution in [0.25, 0.3) is 0 Å². The number of methoxy groups -OCH3 is 1. The Balaban J connectivity index is 2.17. The lowest BCUT2D eigenvalue weighted by atomic mass is 10.1. The molecule has 0 N–H and O–H groups in total. The molecule has 0 spiro atoms. The van der Waals surface area contributed by atoms with Gasteiger partial charge in [-0.1, -0.05) is 35.9 Å². The van der Waals surface area contributed by atoms with Crippen LogP contribution in [0.2, 0.25) is 5.02 Å². The standard InChI is InChI=1S/C16H15ClO3/c1-11-8-12(10-20-13-6-4-3-5-7-13)15(17)9-14(11)16(18)19-2/h3-9H,10H2,1-2H3. The van der Waals surface area contributed by atoms with E-state index in [0.29, 0.717) is 17.2 Å². The lowest BCUT2D eigenvalue weighted by molar-refractivity contribution is 0.0600. The minimum absolute atomic E-state index is 0.352. The molecular weight excluding hydrogens is 276 g/mol. The first-order valence-corrected chi connectivity index (χ1v) is 6.55. The molecule has 0 aromatic heterocycles. The van der Waals surface area contributed by atoms with Gasteiger partial charge >= 0.3 is 5.97 Å². The van der Waals surface area contributed by atoms with Gasteiger partial charge in [0.05, 0.1) is 12.7 Å². The van der Waals surface area contributed by atoms with E-state index in [0.717, 1.165) is 16.9 Å². The zero-order valence-corrected chi connectivity index (χ0v) is 12.1. The van der Waals surface area contributed by atoms with Gasteiger partial charge in [-0.25, -0.2) is 4.79 Å². The van der Waals surface area contributed by atoms with Crippen molar-refractivity contribution in [2.75, 3.05) is 7.11 Å². The zero-order chi connectivity index (χ0) is 14.5. The number of carbonyl (C=O) groups excluding carboxylic acids is 1. The number of hydrogen-bond acceptors (Lipinski definition) is 3. The summed E-state index contributed by atoms with van der Waals surface area (Å²) in [4.78, 5) is 11.6. The molecule has 0 saturated heterocycles. The Kier molecular flexibility index (Phi) is 4.64. The number of rotatable bonds is 4. The van der Waals surface area contributed by atoms with Crippen molar-refractivity contribution in [3.63, 3.8) is 0 Å². The Morgan fingerprint density at radius 1 is 1.20 bits per heavy atom. The molecule has 0 radical (unpaired) electrons. The lowest BCUT2D eigenvalue weighted by Gasteiger charge is -2.11. The molecule has 2 rings (SSSR count). The smallest absolute Gasteiger partial charge is 0.338 e. The molecule has 0 heterocycles. The number of hydrogen-bond donors (Lipinski definition) is 0. The van der Waals surface area contributed by atoms with Crippen LogP contribution in [0, 0.1) is 6.92 Å². The van der Waals surface area contributed by atoms with E-state index in [1.54, 1.807) is 6.07 Å². The average molecular weight is 291 g/mol. The van der Waals surface area contributed by atoms with Crippen LogP contribution < -0.4 is 4.74 Å². The molecule has 0 aliphatic rings. The maximum Gasteiger partial charge on any atom is 0.338 e. The molecule has 104 valence electrons. The van der Waals surface area contributed by atoms with Gasteiger partial charge in [-0.2, -0.15) is 0 Å². The highest BCUT2D eigenvalue weighted by atomic mass is 35.5. The fraction of sp³-hybridized carbons (Fsp3) is 0.188. The van der Waals surface area contributed by atoms with Gasteiger partial charge in [-0.05, 0) is 30.7 Å². The SMILES string of the molecule is COC(=O)c1cc(Cl)c(COc2ccccc2)cc1C. The van der Waals surface area contributed by atoms with Gasteiger partial charge in [0.15, 0.2) is 0 Å². The minimum atomic E-state index is -0.389. The van der Waals surface area contributed by atoms with E-state index < -0.39 is 0 Å². The molecule has 2 aromatic carbocycles. The van der Waals surface area contributed by atoms with Crippen molar-refractivity contribution >= 4 is 17.6 Å². The van der Waals surface area contributed by atoms with Crippen molar-refractivity contribution in [1.82, 2.24) is 0 Å². The molecule has 0 atom stereocenters. The summed E-state index contributed by atoms with van der Waals surface area (Å²) in [6.45, 7) is 2.19. The predicted octanol–water partition coefficient (Wildman–Crippen LogP) is 4.01. The summed E-state index contributed by atoms with van der Waals surface area (Å²) in [5, 5.41) is 0.493. The first-order chi connectivity index (χ1) is 9.61. The number of halogens is 1. The van der Waals surface area contributed by atoms with Gasteiger partial charge < -0.3 is 9.47 Å². The van der Waals surface area contributed by atoms with E-state index in [9.17, 15) is 4.79 Å². The number of benzene rings is 2. The van der Waals surface area contributed by atoms with Gasteiger partial charge in [0.25, 0.3) is 0 Å². The molecule has 4 heteroatoms. The van der Waals surface area contributed by atoms with Crippen molar-refractivity contribution < 1.29 is 14.3 Å². The van der Waals surface area contributed by atoms with E-state index in [2.05, 4.69) is 0 Å². The van der Waals surface area contributed by atoms with Crippen molar-refractivity contribution in [2.45, 2.75) is 13.5 Å². The van der Waals surface area contributed by atoms with Crippen LogP contribution in [-0.4, -0.2) is 13.1 Å². The highest BCUT2D eigenvalue weighted by Gasteiger charge is 2.13. The van der Waals surface area contributed by atoms with Crippen molar-refractivity contribution in [3.8, 4) is 5.75 Å². The number of esters is 1.